The number of rotatable bonds is 4. The highest BCUT2D eigenvalue weighted by molar-refractivity contribution is 7.89. The van der Waals surface area contributed by atoms with Gasteiger partial charge in [0, 0.05) is 38.3 Å². The van der Waals surface area contributed by atoms with Gasteiger partial charge in [-0.05, 0) is 30.2 Å². The standard InChI is InChI=1S/C19H23N3O3S/c1-15-7-8-17(26(20,24)25)13-18(15)19(23)22-11-9-21(10-12-22)14-16-5-3-2-4-6-16/h2-8,13H,9-12,14H2,1H3,(H2,20,24,25). The lowest BCUT2D eigenvalue weighted by Gasteiger charge is -2.35. The summed E-state index contributed by atoms with van der Waals surface area (Å²) in [6.45, 7) is 5.47. The molecular formula is C19H23N3O3S. The molecule has 0 unspecified atom stereocenters. The lowest BCUT2D eigenvalue weighted by molar-refractivity contribution is 0.0627. The number of carbonyl (C=O) groups is 1. The Hall–Kier alpha value is -2.22. The molecule has 2 aromatic rings. The third kappa shape index (κ3) is 4.30. The van der Waals surface area contributed by atoms with E-state index in [0.29, 0.717) is 18.7 Å². The van der Waals surface area contributed by atoms with Gasteiger partial charge in [-0.3, -0.25) is 9.69 Å². The van der Waals surface area contributed by atoms with Gasteiger partial charge in [-0.25, -0.2) is 13.6 Å². The normalized spacial score (nSPS) is 15.8. The minimum Gasteiger partial charge on any atom is -0.336 e. The molecule has 0 spiro atoms. The summed E-state index contributed by atoms with van der Waals surface area (Å²) in [5, 5.41) is 5.19. The molecule has 1 amide bonds. The first kappa shape index (κ1) is 18.6. The summed E-state index contributed by atoms with van der Waals surface area (Å²) in [5.41, 5.74) is 2.39. The number of piperazine rings is 1. The molecule has 2 N–H and O–H groups in total. The van der Waals surface area contributed by atoms with Crippen LogP contribution in [-0.2, 0) is 16.6 Å². The first-order valence-corrected chi connectivity index (χ1v) is 10.1. The van der Waals surface area contributed by atoms with Crippen molar-refractivity contribution in [3.8, 4) is 0 Å². The van der Waals surface area contributed by atoms with Crippen LogP contribution in [0.3, 0.4) is 0 Å². The first-order chi connectivity index (χ1) is 12.3. The van der Waals surface area contributed by atoms with Gasteiger partial charge >= 0.3 is 0 Å². The molecule has 0 atom stereocenters. The maximum absolute atomic E-state index is 12.8. The van der Waals surface area contributed by atoms with E-state index in [4.69, 9.17) is 5.14 Å². The molecule has 2 aromatic carbocycles. The molecule has 1 aliphatic rings. The van der Waals surface area contributed by atoms with Crippen LogP contribution in [0.2, 0.25) is 0 Å². The fourth-order valence-corrected chi connectivity index (χ4v) is 3.67. The molecule has 0 radical (unpaired) electrons. The molecular weight excluding hydrogens is 350 g/mol. The van der Waals surface area contributed by atoms with Gasteiger partial charge in [0.05, 0.1) is 4.90 Å². The summed E-state index contributed by atoms with van der Waals surface area (Å²) in [5.74, 6) is -0.146. The van der Waals surface area contributed by atoms with E-state index in [9.17, 15) is 13.2 Å². The molecule has 0 bridgehead atoms. The van der Waals surface area contributed by atoms with Crippen molar-refractivity contribution < 1.29 is 13.2 Å². The van der Waals surface area contributed by atoms with Crippen LogP contribution in [-0.4, -0.2) is 50.3 Å². The number of nitrogens with two attached hydrogens (primary N) is 1. The van der Waals surface area contributed by atoms with E-state index in [1.54, 1.807) is 17.9 Å². The summed E-state index contributed by atoms with van der Waals surface area (Å²) >= 11 is 0. The number of aryl methyl sites for hydroxylation is 1. The Bertz CT molecular complexity index is 890. The number of sulfonamides is 1. The number of hydrogen-bond acceptors (Lipinski definition) is 4. The van der Waals surface area contributed by atoms with Crippen molar-refractivity contribution in [3.63, 3.8) is 0 Å². The van der Waals surface area contributed by atoms with Crippen molar-refractivity contribution in [2.24, 2.45) is 5.14 Å². The fraction of sp³-hybridized carbons (Fsp3) is 0.316. The third-order valence-electron chi connectivity index (χ3n) is 4.68. The maximum Gasteiger partial charge on any atom is 0.254 e. The SMILES string of the molecule is Cc1ccc(S(N)(=O)=O)cc1C(=O)N1CCN(Cc2ccccc2)CC1. The van der Waals surface area contributed by atoms with Gasteiger partial charge in [0.2, 0.25) is 10.0 Å². The average molecular weight is 373 g/mol. The second-order valence-corrected chi connectivity index (χ2v) is 8.14. The number of benzene rings is 2. The first-order valence-electron chi connectivity index (χ1n) is 8.53. The molecule has 7 heteroatoms. The molecule has 1 saturated heterocycles. The van der Waals surface area contributed by atoms with Crippen LogP contribution in [0.15, 0.2) is 53.4 Å². The topological polar surface area (TPSA) is 83.7 Å². The van der Waals surface area contributed by atoms with E-state index in [1.807, 2.05) is 18.2 Å². The highest BCUT2D eigenvalue weighted by Crippen LogP contribution is 2.18. The van der Waals surface area contributed by atoms with Crippen LogP contribution in [0, 0.1) is 6.92 Å². The van der Waals surface area contributed by atoms with Gasteiger partial charge in [0.25, 0.3) is 5.91 Å². The highest BCUT2D eigenvalue weighted by atomic mass is 32.2. The van der Waals surface area contributed by atoms with Crippen molar-refractivity contribution in [2.75, 3.05) is 26.2 Å². The minimum atomic E-state index is -3.83. The smallest absolute Gasteiger partial charge is 0.254 e. The van der Waals surface area contributed by atoms with Gasteiger partial charge in [-0.15, -0.1) is 0 Å². The average Bonchev–Trinajstić information content (AvgIpc) is 2.62. The highest BCUT2D eigenvalue weighted by Gasteiger charge is 2.24. The van der Waals surface area contributed by atoms with Crippen molar-refractivity contribution >= 4 is 15.9 Å². The quantitative estimate of drug-likeness (QED) is 0.882. The molecule has 26 heavy (non-hydrogen) atoms. The van der Waals surface area contributed by atoms with Crippen LogP contribution < -0.4 is 5.14 Å². The zero-order chi connectivity index (χ0) is 18.7. The molecule has 6 nitrogen and oxygen atoms in total. The summed E-state index contributed by atoms with van der Waals surface area (Å²) in [6, 6.07) is 14.7. The Morgan fingerprint density at radius 3 is 2.31 bits per heavy atom. The zero-order valence-electron chi connectivity index (χ0n) is 14.8. The van der Waals surface area contributed by atoms with Crippen LogP contribution in [0.5, 0.6) is 0 Å². The molecule has 0 saturated carbocycles. The number of carbonyl (C=O) groups excluding carboxylic acids is 1. The van der Waals surface area contributed by atoms with Crippen LogP contribution in [0.25, 0.3) is 0 Å². The lowest BCUT2D eigenvalue weighted by Crippen LogP contribution is -2.48. The predicted octanol–water partition coefficient (Wildman–Crippen LogP) is 1.60. The van der Waals surface area contributed by atoms with Crippen molar-refractivity contribution in [3.05, 3.63) is 65.2 Å². The van der Waals surface area contributed by atoms with E-state index in [2.05, 4.69) is 17.0 Å². The third-order valence-corrected chi connectivity index (χ3v) is 5.59. The second-order valence-electron chi connectivity index (χ2n) is 6.58. The summed E-state index contributed by atoms with van der Waals surface area (Å²) in [7, 11) is -3.83. The van der Waals surface area contributed by atoms with Crippen molar-refractivity contribution in [1.82, 2.24) is 9.80 Å². The fourth-order valence-electron chi connectivity index (χ4n) is 3.13. The Morgan fingerprint density at radius 1 is 1.04 bits per heavy atom. The van der Waals surface area contributed by atoms with Crippen molar-refractivity contribution in [1.29, 1.82) is 0 Å². The van der Waals surface area contributed by atoms with Gasteiger partial charge in [0.15, 0.2) is 0 Å². The Balaban J connectivity index is 1.67. The summed E-state index contributed by atoms with van der Waals surface area (Å²) in [4.78, 5) is 16.9. The zero-order valence-corrected chi connectivity index (χ0v) is 15.6. The van der Waals surface area contributed by atoms with E-state index in [1.165, 1.54) is 17.7 Å². The maximum atomic E-state index is 12.8. The molecule has 1 fully saturated rings. The number of nitrogens with zero attached hydrogens (tertiary/aromatic N) is 2. The number of primary sulfonamides is 1. The Morgan fingerprint density at radius 2 is 1.69 bits per heavy atom. The molecule has 1 aliphatic heterocycles. The van der Waals surface area contributed by atoms with E-state index in [-0.39, 0.29) is 10.8 Å². The Labute approximate surface area is 154 Å². The molecule has 0 aromatic heterocycles. The predicted molar refractivity (Wildman–Crippen MR) is 100 cm³/mol. The van der Waals surface area contributed by atoms with Gasteiger partial charge in [-0.1, -0.05) is 36.4 Å². The second kappa shape index (κ2) is 7.57. The van der Waals surface area contributed by atoms with Gasteiger partial charge < -0.3 is 4.90 Å². The summed E-state index contributed by atoms with van der Waals surface area (Å²) in [6.07, 6.45) is 0. The molecule has 138 valence electrons. The number of amides is 1. The minimum absolute atomic E-state index is 0.0332. The lowest BCUT2D eigenvalue weighted by atomic mass is 10.1. The van der Waals surface area contributed by atoms with Gasteiger partial charge in [0.1, 0.15) is 0 Å². The largest absolute Gasteiger partial charge is 0.336 e. The number of hydrogen-bond donors (Lipinski definition) is 1. The van der Waals surface area contributed by atoms with Crippen LogP contribution in [0.1, 0.15) is 21.5 Å². The van der Waals surface area contributed by atoms with Crippen LogP contribution >= 0.6 is 0 Å². The molecule has 1 heterocycles. The van der Waals surface area contributed by atoms with E-state index < -0.39 is 10.0 Å². The monoisotopic (exact) mass is 373 g/mol. The van der Waals surface area contributed by atoms with E-state index >= 15 is 0 Å². The molecule has 3 rings (SSSR count). The summed E-state index contributed by atoms with van der Waals surface area (Å²) < 4.78 is 23.1. The van der Waals surface area contributed by atoms with Crippen molar-refractivity contribution in [2.45, 2.75) is 18.4 Å². The molecule has 0 aliphatic carbocycles. The Kier molecular flexibility index (Phi) is 5.41. The van der Waals surface area contributed by atoms with E-state index in [0.717, 1.165) is 25.2 Å². The van der Waals surface area contributed by atoms with Gasteiger partial charge in [-0.2, -0.15) is 0 Å². The van der Waals surface area contributed by atoms with Crippen LogP contribution in [0.4, 0.5) is 0 Å².